The molecule has 0 aliphatic rings. The molecule has 0 aliphatic carbocycles. The maximum absolute atomic E-state index is 12.9. The molecule has 0 atom stereocenters. The van der Waals surface area contributed by atoms with E-state index in [1.54, 1.807) is 25.3 Å². The fraction of sp³-hybridized carbons (Fsp3) is 0.413. The van der Waals surface area contributed by atoms with Gasteiger partial charge in [0.1, 0.15) is 11.5 Å². The van der Waals surface area contributed by atoms with Gasteiger partial charge in [0.2, 0.25) is 0 Å². The van der Waals surface area contributed by atoms with Crippen LogP contribution in [0.4, 0.5) is 0 Å². The number of aryl methyl sites for hydroxylation is 1. The Labute approximate surface area is 324 Å². The number of ether oxygens (including phenoxy) is 3. The first kappa shape index (κ1) is 44.4. The van der Waals surface area contributed by atoms with Crippen LogP contribution in [0, 0.1) is 11.8 Å². The van der Waals surface area contributed by atoms with E-state index in [1.807, 2.05) is 79.0 Å². The summed E-state index contributed by atoms with van der Waals surface area (Å²) in [5, 5.41) is 0.951. The molecule has 2 aromatic carbocycles. The summed E-state index contributed by atoms with van der Waals surface area (Å²) in [4.78, 5) is 12.9. The second-order valence-electron chi connectivity index (χ2n) is 13.7. The van der Waals surface area contributed by atoms with Crippen LogP contribution in [0.1, 0.15) is 102 Å². The zero-order chi connectivity index (χ0) is 38.0. The first-order valence-electron chi connectivity index (χ1n) is 18.8. The molecule has 0 amide bonds. The molecule has 0 spiro atoms. The third kappa shape index (κ3) is 19.2. The number of allylic oxidation sites excluding steroid dienone is 12. The predicted octanol–water partition coefficient (Wildman–Crippen LogP) is 13.9. The Morgan fingerprint density at radius 2 is 1.10 bits per heavy atom. The Kier molecular flexibility index (Phi) is 23.0. The Morgan fingerprint density at radius 3 is 1.65 bits per heavy atom. The summed E-state index contributed by atoms with van der Waals surface area (Å²) in [5.41, 5.74) is 3.01. The number of unbranched alkanes of at least 4 members (excludes halogenated alkanes) is 5. The molecule has 0 saturated carbocycles. The molecule has 0 aliphatic heterocycles. The molecule has 0 unspecified atom stereocenters. The van der Waals surface area contributed by atoms with Gasteiger partial charge in [0.15, 0.2) is 5.75 Å². The topological polar surface area (TPSA) is 44.8 Å². The monoisotopic (exact) mass is 746 g/mol. The minimum Gasteiger partial charge on any atom is -0.496 e. The summed E-state index contributed by atoms with van der Waals surface area (Å²) in [6.07, 6.45) is 38.7. The Morgan fingerprint density at radius 1 is 0.596 bits per heavy atom. The van der Waals surface area contributed by atoms with Crippen molar-refractivity contribution in [3.05, 3.63) is 130 Å². The molecule has 0 heterocycles. The normalized spacial score (nSPS) is 12.6. The van der Waals surface area contributed by atoms with Crippen LogP contribution < -0.4 is 14.2 Å². The molecular formula is C46H60Cl2O4. The van der Waals surface area contributed by atoms with E-state index in [-0.39, 0.29) is 0 Å². The van der Waals surface area contributed by atoms with Gasteiger partial charge in [0.05, 0.1) is 24.3 Å². The summed E-state index contributed by atoms with van der Waals surface area (Å²) in [6, 6.07) is 7.77. The molecule has 0 saturated heterocycles. The maximum Gasteiger partial charge on any atom is 0.336 e. The molecule has 6 heteroatoms. The molecule has 52 heavy (non-hydrogen) atoms. The molecule has 0 aromatic heterocycles. The standard InChI is InChI=1S/C46H60Cl2O4/c1-36(2)26-21-17-15-16-19-23-30-40-43(50-5)34-39(29-25-27-37(3)4)35-44(40)52-45(49)31-24-20-14-12-10-8-7-9-11-13-18-22-28-38-32-41(47)46(51-6)42(48)33-38/h7-14,18,20,22,24,28,31-37H,15-17,19,21,23,25-27,29-30H2,1-6H3/b8-7+,11-9+,12-10+,18-13+,20-14+,28-22+,31-24+. The molecule has 2 rings (SSSR count). The fourth-order valence-electron chi connectivity index (χ4n) is 5.57. The van der Waals surface area contributed by atoms with Crippen LogP contribution in [0.25, 0.3) is 6.08 Å². The van der Waals surface area contributed by atoms with E-state index in [1.165, 1.54) is 45.3 Å². The Hall–Kier alpha value is -3.73. The number of hydrogen-bond donors (Lipinski definition) is 0. The summed E-state index contributed by atoms with van der Waals surface area (Å²) in [5.74, 6) is 2.94. The number of carbonyl (C=O) groups is 1. The predicted molar refractivity (Wildman–Crippen MR) is 224 cm³/mol. The highest BCUT2D eigenvalue weighted by Crippen LogP contribution is 2.35. The zero-order valence-electron chi connectivity index (χ0n) is 32.2. The lowest BCUT2D eigenvalue weighted by Gasteiger charge is -2.16. The van der Waals surface area contributed by atoms with E-state index in [0.29, 0.717) is 27.5 Å². The smallest absolute Gasteiger partial charge is 0.336 e. The van der Waals surface area contributed by atoms with Gasteiger partial charge in [-0.25, -0.2) is 4.79 Å². The van der Waals surface area contributed by atoms with Crippen molar-refractivity contribution in [1.29, 1.82) is 0 Å². The molecular weight excluding hydrogens is 687 g/mol. The number of hydrogen-bond acceptors (Lipinski definition) is 4. The van der Waals surface area contributed by atoms with Crippen LogP contribution in [0.3, 0.4) is 0 Å². The molecule has 282 valence electrons. The average Bonchev–Trinajstić information content (AvgIpc) is 3.09. The quantitative estimate of drug-likeness (QED) is 0.0353. The van der Waals surface area contributed by atoms with E-state index in [0.717, 1.165) is 66.9 Å². The number of benzene rings is 2. The van der Waals surface area contributed by atoms with E-state index in [9.17, 15) is 4.79 Å². The average molecular weight is 748 g/mol. The third-order valence-electron chi connectivity index (χ3n) is 8.33. The van der Waals surface area contributed by atoms with Gasteiger partial charge >= 0.3 is 5.97 Å². The van der Waals surface area contributed by atoms with Crippen molar-refractivity contribution in [2.45, 2.75) is 98.3 Å². The molecule has 0 radical (unpaired) electrons. The minimum atomic E-state index is -0.397. The van der Waals surface area contributed by atoms with Gasteiger partial charge in [0.25, 0.3) is 0 Å². The van der Waals surface area contributed by atoms with Crippen LogP contribution in [0.2, 0.25) is 10.0 Å². The van der Waals surface area contributed by atoms with Gasteiger partial charge in [-0.15, -0.1) is 0 Å². The first-order valence-corrected chi connectivity index (χ1v) is 19.5. The van der Waals surface area contributed by atoms with E-state index in [4.69, 9.17) is 37.4 Å². The molecule has 0 N–H and O–H groups in total. The highest BCUT2D eigenvalue weighted by Gasteiger charge is 2.16. The van der Waals surface area contributed by atoms with Crippen LogP contribution in [-0.2, 0) is 17.6 Å². The first-order chi connectivity index (χ1) is 25.1. The van der Waals surface area contributed by atoms with Gasteiger partial charge in [-0.3, -0.25) is 0 Å². The van der Waals surface area contributed by atoms with Gasteiger partial charge < -0.3 is 14.2 Å². The summed E-state index contributed by atoms with van der Waals surface area (Å²) in [6.45, 7) is 9.07. The summed E-state index contributed by atoms with van der Waals surface area (Å²) < 4.78 is 16.9. The molecule has 2 aromatic rings. The largest absolute Gasteiger partial charge is 0.496 e. The minimum absolute atomic E-state index is 0.397. The van der Waals surface area contributed by atoms with Crippen LogP contribution in [-0.4, -0.2) is 20.2 Å². The number of carbonyl (C=O) groups excluding carboxylic acids is 1. The molecule has 4 nitrogen and oxygen atoms in total. The lowest BCUT2D eigenvalue weighted by Crippen LogP contribution is -2.08. The number of methoxy groups -OCH3 is 2. The number of esters is 1. The van der Waals surface area contributed by atoms with Crippen molar-refractivity contribution in [2.24, 2.45) is 11.8 Å². The second-order valence-corrected chi connectivity index (χ2v) is 14.5. The van der Waals surface area contributed by atoms with Gasteiger partial charge in [-0.2, -0.15) is 0 Å². The van der Waals surface area contributed by atoms with Gasteiger partial charge in [-0.1, -0.05) is 175 Å². The lowest BCUT2D eigenvalue weighted by molar-refractivity contribution is -0.129. The Bertz CT molecular complexity index is 1530. The van der Waals surface area contributed by atoms with Gasteiger partial charge in [-0.05, 0) is 72.9 Å². The van der Waals surface area contributed by atoms with Crippen molar-refractivity contribution < 1.29 is 19.0 Å². The molecule has 0 fully saturated rings. The van der Waals surface area contributed by atoms with Crippen molar-refractivity contribution in [1.82, 2.24) is 0 Å². The maximum atomic E-state index is 12.9. The van der Waals surface area contributed by atoms with Crippen molar-refractivity contribution >= 4 is 35.2 Å². The zero-order valence-corrected chi connectivity index (χ0v) is 33.7. The summed E-state index contributed by atoms with van der Waals surface area (Å²) >= 11 is 12.4. The van der Waals surface area contributed by atoms with E-state index < -0.39 is 5.97 Å². The molecule has 0 bridgehead atoms. The van der Waals surface area contributed by atoms with Crippen molar-refractivity contribution in [2.75, 3.05) is 14.2 Å². The Balaban J connectivity index is 1.89. The van der Waals surface area contributed by atoms with Crippen LogP contribution in [0.15, 0.2) is 103 Å². The third-order valence-corrected chi connectivity index (χ3v) is 8.89. The fourth-order valence-corrected chi connectivity index (χ4v) is 6.23. The van der Waals surface area contributed by atoms with Crippen molar-refractivity contribution in [3.8, 4) is 17.2 Å². The van der Waals surface area contributed by atoms with Gasteiger partial charge in [0, 0.05) is 11.6 Å². The number of halogens is 2. The second kappa shape index (κ2) is 27.0. The lowest BCUT2D eigenvalue weighted by atomic mass is 9.97. The summed E-state index contributed by atoms with van der Waals surface area (Å²) in [7, 11) is 3.24. The SMILES string of the molecule is COc1cc(CCCC(C)C)cc(OC(=O)/C=C/C=C/C=C/C=C/C=C/C=C/C=C/c2cc(Cl)c(OC)c(Cl)c2)c1CCCCCCCCC(C)C. The van der Waals surface area contributed by atoms with Crippen molar-refractivity contribution in [3.63, 3.8) is 0 Å². The van der Waals surface area contributed by atoms with Crippen LogP contribution in [0.5, 0.6) is 17.2 Å². The van der Waals surface area contributed by atoms with Crippen LogP contribution >= 0.6 is 23.2 Å². The van der Waals surface area contributed by atoms with E-state index in [2.05, 4.69) is 33.8 Å². The number of rotatable bonds is 24. The highest BCUT2D eigenvalue weighted by atomic mass is 35.5. The van der Waals surface area contributed by atoms with E-state index >= 15 is 0 Å². The highest BCUT2D eigenvalue weighted by molar-refractivity contribution is 6.37.